The quantitative estimate of drug-likeness (QED) is 0.390. The second kappa shape index (κ2) is 12.6. The van der Waals surface area contributed by atoms with E-state index in [4.69, 9.17) is 15.2 Å². The first-order chi connectivity index (χ1) is 18.3. The summed E-state index contributed by atoms with van der Waals surface area (Å²) in [6.07, 6.45) is 1.43. The van der Waals surface area contributed by atoms with Crippen molar-refractivity contribution in [3.8, 4) is 16.9 Å². The average Bonchev–Trinajstić information content (AvgIpc) is 2.92. The molecule has 202 valence electrons. The van der Waals surface area contributed by atoms with Gasteiger partial charge in [-0.3, -0.25) is 9.00 Å². The lowest BCUT2D eigenvalue weighted by molar-refractivity contribution is -0.121. The molecule has 0 aromatic heterocycles. The Morgan fingerprint density at radius 1 is 1.03 bits per heavy atom. The summed E-state index contributed by atoms with van der Waals surface area (Å²) < 4.78 is 50.8. The molecule has 9 heteroatoms. The van der Waals surface area contributed by atoms with Crippen LogP contribution in [0, 0.1) is 11.6 Å². The predicted octanol–water partition coefficient (Wildman–Crippen LogP) is 4.33. The van der Waals surface area contributed by atoms with Crippen LogP contribution in [0.25, 0.3) is 11.1 Å². The van der Waals surface area contributed by atoms with Gasteiger partial charge in [0.1, 0.15) is 22.1 Å². The van der Waals surface area contributed by atoms with Crippen molar-refractivity contribution < 1.29 is 27.3 Å². The van der Waals surface area contributed by atoms with Crippen molar-refractivity contribution >= 4 is 16.7 Å². The molecule has 0 bridgehead atoms. The van der Waals surface area contributed by atoms with Gasteiger partial charge in [0.15, 0.2) is 0 Å². The SMILES string of the molecule is COCCN1CCC(C(N)=O)(S(=O)c2ccc(OCCc3cccc(-c4ccc(F)cc4F)c3)cc2)CC1. The fraction of sp³-hybridized carbons (Fsp3) is 0.345. The minimum Gasteiger partial charge on any atom is -0.493 e. The Kier molecular flexibility index (Phi) is 9.25. The number of nitrogens with two attached hydrogens (primary N) is 1. The molecule has 1 saturated heterocycles. The summed E-state index contributed by atoms with van der Waals surface area (Å²) in [6.45, 7) is 3.01. The highest BCUT2D eigenvalue weighted by Crippen LogP contribution is 2.33. The number of halogens is 2. The van der Waals surface area contributed by atoms with E-state index in [2.05, 4.69) is 4.90 Å². The van der Waals surface area contributed by atoms with E-state index in [-0.39, 0.29) is 0 Å². The summed E-state index contributed by atoms with van der Waals surface area (Å²) in [5, 5.41) is 0. The molecule has 3 aromatic carbocycles. The van der Waals surface area contributed by atoms with Crippen LogP contribution in [-0.2, 0) is 26.8 Å². The van der Waals surface area contributed by atoms with Crippen LogP contribution in [0.5, 0.6) is 5.75 Å². The van der Waals surface area contributed by atoms with Gasteiger partial charge in [-0.2, -0.15) is 0 Å². The monoisotopic (exact) mass is 542 g/mol. The minimum atomic E-state index is -1.59. The Morgan fingerprint density at radius 2 is 1.76 bits per heavy atom. The fourth-order valence-electron chi connectivity index (χ4n) is 4.67. The molecule has 6 nitrogen and oxygen atoms in total. The van der Waals surface area contributed by atoms with Crippen LogP contribution in [0.4, 0.5) is 8.78 Å². The normalized spacial score (nSPS) is 16.2. The maximum Gasteiger partial charge on any atom is 0.236 e. The van der Waals surface area contributed by atoms with Gasteiger partial charge in [0.2, 0.25) is 5.91 Å². The number of ether oxygens (including phenoxy) is 2. The Balaban J connectivity index is 1.35. The number of likely N-dealkylation sites (tertiary alicyclic amines) is 1. The van der Waals surface area contributed by atoms with Crippen LogP contribution < -0.4 is 10.5 Å². The molecule has 4 rings (SSSR count). The summed E-state index contributed by atoms with van der Waals surface area (Å²) in [6, 6.07) is 17.8. The maximum atomic E-state index is 14.2. The molecule has 0 spiro atoms. The van der Waals surface area contributed by atoms with Gasteiger partial charge >= 0.3 is 0 Å². The number of rotatable bonds is 11. The molecule has 1 aliphatic heterocycles. The fourth-order valence-corrected chi connectivity index (χ4v) is 6.24. The second-order valence-corrected chi connectivity index (χ2v) is 11.1. The molecule has 0 aliphatic carbocycles. The van der Waals surface area contributed by atoms with Crippen molar-refractivity contribution in [3.63, 3.8) is 0 Å². The van der Waals surface area contributed by atoms with E-state index < -0.39 is 33.1 Å². The zero-order chi connectivity index (χ0) is 27.1. The molecular formula is C29H32F2N2O4S. The number of amides is 1. The first-order valence-electron chi connectivity index (χ1n) is 12.5. The Bertz CT molecular complexity index is 1280. The highest BCUT2D eigenvalue weighted by molar-refractivity contribution is 7.87. The zero-order valence-corrected chi connectivity index (χ0v) is 22.1. The predicted molar refractivity (Wildman–Crippen MR) is 143 cm³/mol. The summed E-state index contributed by atoms with van der Waals surface area (Å²) in [5.41, 5.74) is 7.72. The van der Waals surface area contributed by atoms with Crippen molar-refractivity contribution in [1.82, 2.24) is 4.90 Å². The van der Waals surface area contributed by atoms with E-state index in [9.17, 15) is 17.8 Å². The van der Waals surface area contributed by atoms with Crippen molar-refractivity contribution in [1.29, 1.82) is 0 Å². The molecule has 38 heavy (non-hydrogen) atoms. The second-order valence-electron chi connectivity index (χ2n) is 9.36. The van der Waals surface area contributed by atoms with E-state index in [1.165, 1.54) is 12.1 Å². The van der Waals surface area contributed by atoms with Crippen molar-refractivity contribution in [2.24, 2.45) is 5.73 Å². The van der Waals surface area contributed by atoms with Gasteiger partial charge < -0.3 is 20.1 Å². The summed E-state index contributed by atoms with van der Waals surface area (Å²) in [7, 11) is 0.0593. The summed E-state index contributed by atoms with van der Waals surface area (Å²) in [4.78, 5) is 15.1. The topological polar surface area (TPSA) is 81.9 Å². The molecule has 2 N–H and O–H groups in total. The molecular weight excluding hydrogens is 510 g/mol. The van der Waals surface area contributed by atoms with Gasteiger partial charge in [-0.15, -0.1) is 0 Å². The van der Waals surface area contributed by atoms with E-state index >= 15 is 0 Å². The summed E-state index contributed by atoms with van der Waals surface area (Å²) in [5.74, 6) is -1.15. The number of hydrogen-bond donors (Lipinski definition) is 1. The van der Waals surface area contributed by atoms with Crippen LogP contribution in [0.1, 0.15) is 18.4 Å². The molecule has 1 heterocycles. The Morgan fingerprint density at radius 3 is 2.42 bits per heavy atom. The lowest BCUT2D eigenvalue weighted by Crippen LogP contribution is -2.55. The number of nitrogens with zero attached hydrogens (tertiary/aromatic N) is 1. The third-order valence-corrected chi connectivity index (χ3v) is 8.97. The average molecular weight is 543 g/mol. The maximum absolute atomic E-state index is 14.2. The Hall–Kier alpha value is -3.14. The van der Waals surface area contributed by atoms with Crippen molar-refractivity contribution in [2.45, 2.75) is 28.9 Å². The lowest BCUT2D eigenvalue weighted by atomic mass is 9.95. The molecule has 0 radical (unpaired) electrons. The minimum absolute atomic E-state index is 0.340. The number of methoxy groups -OCH3 is 1. The van der Waals surface area contributed by atoms with Crippen molar-refractivity contribution in [2.75, 3.05) is 40.0 Å². The summed E-state index contributed by atoms with van der Waals surface area (Å²) >= 11 is 0. The van der Waals surface area contributed by atoms with Crippen molar-refractivity contribution in [3.05, 3.63) is 83.9 Å². The standard InChI is InChI=1S/C29H32F2N2O4S/c1-36-18-16-33-14-12-29(13-15-33,28(32)34)38(35)25-8-6-24(7-9-25)37-17-11-21-3-2-4-22(19-21)26-10-5-23(30)20-27(26)31/h2-10,19-20H,11-18H2,1H3,(H2,32,34). The van der Waals surface area contributed by atoms with Gasteiger partial charge in [-0.1, -0.05) is 24.3 Å². The molecule has 1 amide bonds. The van der Waals surface area contributed by atoms with E-state index in [1.54, 1.807) is 37.4 Å². The third kappa shape index (κ3) is 6.46. The first kappa shape index (κ1) is 27.9. The van der Waals surface area contributed by atoms with Gasteiger partial charge in [0.05, 0.1) is 24.0 Å². The van der Waals surface area contributed by atoms with E-state index in [0.29, 0.717) is 67.3 Å². The number of benzene rings is 3. The molecule has 1 unspecified atom stereocenters. The number of hydrogen-bond acceptors (Lipinski definition) is 5. The first-order valence-corrected chi connectivity index (χ1v) is 13.7. The number of carbonyl (C=O) groups excluding carboxylic acids is 1. The largest absolute Gasteiger partial charge is 0.493 e. The van der Waals surface area contributed by atoms with E-state index in [1.807, 2.05) is 18.2 Å². The van der Waals surface area contributed by atoms with Crippen LogP contribution in [0.2, 0.25) is 0 Å². The Labute approximate surface area is 224 Å². The number of piperidine rings is 1. The molecule has 3 aromatic rings. The van der Waals surface area contributed by atoms with Crippen LogP contribution in [0.15, 0.2) is 71.6 Å². The van der Waals surface area contributed by atoms with Gasteiger partial charge in [0, 0.05) is 49.7 Å². The molecule has 1 fully saturated rings. The van der Waals surface area contributed by atoms with Gasteiger partial charge in [-0.25, -0.2) is 8.78 Å². The lowest BCUT2D eigenvalue weighted by Gasteiger charge is -2.38. The molecule has 1 aliphatic rings. The van der Waals surface area contributed by atoms with Crippen LogP contribution >= 0.6 is 0 Å². The highest BCUT2D eigenvalue weighted by Gasteiger charge is 2.46. The smallest absolute Gasteiger partial charge is 0.236 e. The third-order valence-electron chi connectivity index (χ3n) is 6.95. The van der Waals surface area contributed by atoms with Gasteiger partial charge in [0.25, 0.3) is 0 Å². The highest BCUT2D eigenvalue weighted by atomic mass is 32.2. The van der Waals surface area contributed by atoms with Crippen LogP contribution in [0.3, 0.4) is 0 Å². The number of primary amides is 1. The number of carbonyl (C=O) groups is 1. The van der Waals surface area contributed by atoms with E-state index in [0.717, 1.165) is 18.2 Å². The van der Waals surface area contributed by atoms with Crippen LogP contribution in [-0.4, -0.2) is 59.7 Å². The zero-order valence-electron chi connectivity index (χ0n) is 21.3. The molecule has 0 saturated carbocycles. The molecule has 1 atom stereocenters. The van der Waals surface area contributed by atoms with Gasteiger partial charge in [-0.05, 0) is 60.4 Å².